The van der Waals surface area contributed by atoms with Crippen LogP contribution in [0.4, 0.5) is 5.13 Å². The summed E-state index contributed by atoms with van der Waals surface area (Å²) in [6, 6.07) is 0. The van der Waals surface area contributed by atoms with Crippen LogP contribution in [0.5, 0.6) is 0 Å². The Morgan fingerprint density at radius 1 is 1.40 bits per heavy atom. The molecule has 1 heterocycles. The third kappa shape index (κ3) is 2.37. The number of nitrogens with one attached hydrogen (secondary N) is 1. The Morgan fingerprint density at radius 2 is 2.07 bits per heavy atom. The molecule has 1 aliphatic carbocycles. The quantitative estimate of drug-likeness (QED) is 0.839. The largest absolute Gasteiger partial charge is 0.302 e. The number of amides is 1. The van der Waals surface area contributed by atoms with Gasteiger partial charge in [-0.2, -0.15) is 0 Å². The van der Waals surface area contributed by atoms with Crippen LogP contribution in [0.2, 0.25) is 0 Å². The molecule has 1 fully saturated rings. The fraction of sp³-hybridized carbons (Fsp3) is 0.636. The van der Waals surface area contributed by atoms with Crippen molar-refractivity contribution in [2.75, 3.05) is 5.32 Å². The maximum Gasteiger partial charge on any atom is 0.229 e. The monoisotopic (exact) mass is 224 g/mol. The van der Waals surface area contributed by atoms with Crippen LogP contribution >= 0.6 is 11.3 Å². The number of nitrogens with zero attached hydrogens (tertiary/aromatic N) is 1. The van der Waals surface area contributed by atoms with Gasteiger partial charge in [0, 0.05) is 10.8 Å². The highest BCUT2D eigenvalue weighted by atomic mass is 32.1. The highest BCUT2D eigenvalue weighted by Gasteiger charge is 2.23. The van der Waals surface area contributed by atoms with Gasteiger partial charge in [0.05, 0.1) is 5.69 Å². The van der Waals surface area contributed by atoms with Crippen LogP contribution in [0.1, 0.15) is 36.3 Å². The van der Waals surface area contributed by atoms with Gasteiger partial charge in [-0.25, -0.2) is 4.98 Å². The maximum atomic E-state index is 11.8. The summed E-state index contributed by atoms with van der Waals surface area (Å²) >= 11 is 1.56. The van der Waals surface area contributed by atoms with Crippen LogP contribution in [-0.4, -0.2) is 10.9 Å². The van der Waals surface area contributed by atoms with Crippen molar-refractivity contribution in [2.24, 2.45) is 5.92 Å². The summed E-state index contributed by atoms with van der Waals surface area (Å²) in [5.41, 5.74) is 1.02. The van der Waals surface area contributed by atoms with Crippen LogP contribution < -0.4 is 5.32 Å². The van der Waals surface area contributed by atoms with Crippen molar-refractivity contribution in [1.29, 1.82) is 0 Å². The average molecular weight is 224 g/mol. The number of carbonyl (C=O) groups excluding carboxylic acids is 1. The molecule has 0 spiro atoms. The lowest BCUT2D eigenvalue weighted by molar-refractivity contribution is -0.119. The second-order valence-corrected chi connectivity index (χ2v) is 5.33. The molecule has 1 N–H and O–H groups in total. The van der Waals surface area contributed by atoms with E-state index >= 15 is 0 Å². The molecule has 1 aromatic rings. The Kier molecular flexibility index (Phi) is 3.05. The lowest BCUT2D eigenvalue weighted by atomic mass is 10.1. The summed E-state index contributed by atoms with van der Waals surface area (Å²) in [6.07, 6.45) is 4.45. The normalized spacial score (nSPS) is 16.9. The predicted molar refractivity (Wildman–Crippen MR) is 62.2 cm³/mol. The van der Waals surface area contributed by atoms with E-state index in [1.807, 2.05) is 13.8 Å². The van der Waals surface area contributed by atoms with Crippen LogP contribution in [0, 0.1) is 19.8 Å². The first kappa shape index (κ1) is 10.6. The molecule has 0 aliphatic heterocycles. The van der Waals surface area contributed by atoms with Gasteiger partial charge < -0.3 is 5.32 Å². The molecule has 0 saturated heterocycles. The molecule has 3 nitrogen and oxygen atoms in total. The highest BCUT2D eigenvalue weighted by molar-refractivity contribution is 7.15. The molecule has 0 atom stereocenters. The smallest absolute Gasteiger partial charge is 0.229 e. The van der Waals surface area contributed by atoms with Crippen molar-refractivity contribution in [3.8, 4) is 0 Å². The molecule has 0 radical (unpaired) electrons. The number of rotatable bonds is 2. The molecule has 15 heavy (non-hydrogen) atoms. The summed E-state index contributed by atoms with van der Waals surface area (Å²) in [4.78, 5) is 17.3. The molecule has 1 aliphatic rings. The van der Waals surface area contributed by atoms with E-state index in [2.05, 4.69) is 10.3 Å². The van der Waals surface area contributed by atoms with Gasteiger partial charge in [-0.05, 0) is 26.7 Å². The van der Waals surface area contributed by atoms with Crippen molar-refractivity contribution >= 4 is 22.4 Å². The number of thiazole rings is 1. The lowest BCUT2D eigenvalue weighted by Crippen LogP contribution is -2.20. The van der Waals surface area contributed by atoms with Gasteiger partial charge >= 0.3 is 0 Å². The van der Waals surface area contributed by atoms with Crippen LogP contribution in [0.3, 0.4) is 0 Å². The summed E-state index contributed by atoms with van der Waals surface area (Å²) in [5, 5.41) is 3.67. The summed E-state index contributed by atoms with van der Waals surface area (Å²) in [6.45, 7) is 4.00. The Morgan fingerprint density at radius 3 is 2.60 bits per heavy atom. The summed E-state index contributed by atoms with van der Waals surface area (Å²) in [5.74, 6) is 0.371. The Labute approximate surface area is 93.9 Å². The van der Waals surface area contributed by atoms with E-state index in [0.29, 0.717) is 0 Å². The van der Waals surface area contributed by atoms with E-state index in [9.17, 15) is 4.79 Å². The standard InChI is InChI=1S/C11H16N2OS/c1-7-8(2)15-11(12-7)13-10(14)9-5-3-4-6-9/h9H,3-6H2,1-2H3,(H,12,13,14). The number of aromatic nitrogens is 1. The van der Waals surface area contributed by atoms with E-state index in [1.54, 1.807) is 11.3 Å². The van der Waals surface area contributed by atoms with Gasteiger partial charge in [-0.1, -0.05) is 12.8 Å². The number of hydrogen-bond donors (Lipinski definition) is 1. The van der Waals surface area contributed by atoms with E-state index in [0.717, 1.165) is 23.7 Å². The maximum absolute atomic E-state index is 11.8. The molecule has 1 aromatic heterocycles. The zero-order valence-corrected chi connectivity index (χ0v) is 9.99. The fourth-order valence-electron chi connectivity index (χ4n) is 1.92. The number of anilines is 1. The van der Waals surface area contributed by atoms with Crippen molar-refractivity contribution in [1.82, 2.24) is 4.98 Å². The zero-order chi connectivity index (χ0) is 10.8. The molecular formula is C11H16N2OS. The third-order valence-electron chi connectivity index (χ3n) is 2.98. The Hall–Kier alpha value is -0.900. The zero-order valence-electron chi connectivity index (χ0n) is 9.17. The highest BCUT2D eigenvalue weighted by Crippen LogP contribution is 2.27. The molecule has 0 aromatic carbocycles. The summed E-state index contributed by atoms with van der Waals surface area (Å²) in [7, 11) is 0. The van der Waals surface area contributed by atoms with E-state index in [1.165, 1.54) is 17.7 Å². The third-order valence-corrected chi connectivity index (χ3v) is 3.97. The van der Waals surface area contributed by atoms with Crippen LogP contribution in [0.25, 0.3) is 0 Å². The van der Waals surface area contributed by atoms with Crippen LogP contribution in [-0.2, 0) is 4.79 Å². The average Bonchev–Trinajstić information content (AvgIpc) is 2.77. The van der Waals surface area contributed by atoms with E-state index in [-0.39, 0.29) is 11.8 Å². The Balaban J connectivity index is 1.99. The van der Waals surface area contributed by atoms with Crippen molar-refractivity contribution in [3.63, 3.8) is 0 Å². The van der Waals surface area contributed by atoms with Crippen molar-refractivity contribution in [3.05, 3.63) is 10.6 Å². The second kappa shape index (κ2) is 4.31. The number of hydrogen-bond acceptors (Lipinski definition) is 3. The minimum absolute atomic E-state index is 0.154. The SMILES string of the molecule is Cc1nc(NC(=O)C2CCCC2)sc1C. The van der Waals surface area contributed by atoms with Gasteiger partial charge in [0.15, 0.2) is 5.13 Å². The van der Waals surface area contributed by atoms with E-state index < -0.39 is 0 Å². The Bertz CT molecular complexity index is 347. The summed E-state index contributed by atoms with van der Waals surface area (Å²) < 4.78 is 0. The predicted octanol–water partition coefficient (Wildman–Crippen LogP) is 2.89. The van der Waals surface area contributed by atoms with Gasteiger partial charge in [0.25, 0.3) is 0 Å². The first-order chi connectivity index (χ1) is 7.16. The molecular weight excluding hydrogens is 208 g/mol. The minimum atomic E-state index is 0.154. The van der Waals surface area contributed by atoms with Gasteiger partial charge in [-0.3, -0.25) is 4.79 Å². The first-order valence-electron chi connectivity index (χ1n) is 5.41. The number of aryl methyl sites for hydroxylation is 2. The number of carbonyl (C=O) groups is 1. The molecule has 0 bridgehead atoms. The van der Waals surface area contributed by atoms with Gasteiger partial charge in [0.2, 0.25) is 5.91 Å². The van der Waals surface area contributed by atoms with Gasteiger partial charge in [-0.15, -0.1) is 11.3 Å². The molecule has 82 valence electrons. The van der Waals surface area contributed by atoms with Crippen molar-refractivity contribution in [2.45, 2.75) is 39.5 Å². The lowest BCUT2D eigenvalue weighted by Gasteiger charge is -2.07. The first-order valence-corrected chi connectivity index (χ1v) is 6.23. The van der Waals surface area contributed by atoms with Gasteiger partial charge in [0.1, 0.15) is 0 Å². The fourth-order valence-corrected chi connectivity index (χ4v) is 2.74. The molecule has 2 rings (SSSR count). The van der Waals surface area contributed by atoms with Crippen LogP contribution in [0.15, 0.2) is 0 Å². The minimum Gasteiger partial charge on any atom is -0.302 e. The molecule has 1 amide bonds. The molecule has 0 unspecified atom stereocenters. The second-order valence-electron chi connectivity index (χ2n) is 4.13. The molecule has 4 heteroatoms. The van der Waals surface area contributed by atoms with E-state index in [4.69, 9.17) is 0 Å². The van der Waals surface area contributed by atoms with Crippen molar-refractivity contribution < 1.29 is 4.79 Å². The topological polar surface area (TPSA) is 42.0 Å². The molecule has 1 saturated carbocycles.